The maximum Gasteiger partial charge on any atom is 0.334 e. The number of rotatable bonds is 2. The second kappa shape index (κ2) is 4.42. The fourth-order valence-electron chi connectivity index (χ4n) is 1.78. The molecule has 0 saturated carbocycles. The smallest absolute Gasteiger partial charge is 0.334 e. The van der Waals surface area contributed by atoms with Gasteiger partial charge in [-0.05, 0) is 26.4 Å². The maximum absolute atomic E-state index is 11.2. The molecule has 0 radical (unpaired) electrons. The molecule has 0 aromatic heterocycles. The summed E-state index contributed by atoms with van der Waals surface area (Å²) in [6.45, 7) is 4.83. The van der Waals surface area contributed by atoms with Crippen molar-refractivity contribution in [2.75, 3.05) is 20.7 Å². The molecule has 1 fully saturated rings. The standard InChI is InChI=1S/C10H17NO2/c1-8(10(12)13-3)9-6-4-5-7-11(9)2/h9H,1,4-7H2,2-3H3. The number of hydrogen-bond donors (Lipinski definition) is 0. The van der Waals surface area contributed by atoms with E-state index in [1.165, 1.54) is 20.0 Å². The van der Waals surface area contributed by atoms with Gasteiger partial charge in [0.1, 0.15) is 0 Å². The molecular weight excluding hydrogens is 166 g/mol. The van der Waals surface area contributed by atoms with E-state index in [9.17, 15) is 4.79 Å². The van der Waals surface area contributed by atoms with Crippen LogP contribution in [-0.4, -0.2) is 37.6 Å². The van der Waals surface area contributed by atoms with Crippen LogP contribution in [0.2, 0.25) is 0 Å². The van der Waals surface area contributed by atoms with Gasteiger partial charge in [0.25, 0.3) is 0 Å². The van der Waals surface area contributed by atoms with Crippen molar-refractivity contribution in [1.82, 2.24) is 4.90 Å². The second-order valence-corrected chi connectivity index (χ2v) is 3.51. The van der Waals surface area contributed by atoms with E-state index in [0.717, 1.165) is 13.0 Å². The molecule has 3 nitrogen and oxygen atoms in total. The molecule has 1 atom stereocenters. The van der Waals surface area contributed by atoms with Crippen LogP contribution in [0.4, 0.5) is 0 Å². The molecule has 1 rings (SSSR count). The number of likely N-dealkylation sites (N-methyl/N-ethyl adjacent to an activating group) is 1. The van der Waals surface area contributed by atoms with E-state index < -0.39 is 0 Å². The highest BCUT2D eigenvalue weighted by Gasteiger charge is 2.25. The van der Waals surface area contributed by atoms with Gasteiger partial charge in [-0.2, -0.15) is 0 Å². The van der Waals surface area contributed by atoms with Gasteiger partial charge in [-0.25, -0.2) is 4.79 Å². The van der Waals surface area contributed by atoms with Crippen LogP contribution in [0.15, 0.2) is 12.2 Å². The molecule has 3 heteroatoms. The molecule has 1 saturated heterocycles. The van der Waals surface area contributed by atoms with Crippen LogP contribution in [0.5, 0.6) is 0 Å². The molecule has 0 amide bonds. The molecular formula is C10H17NO2. The lowest BCUT2D eigenvalue weighted by Crippen LogP contribution is -2.39. The Morgan fingerprint density at radius 2 is 2.23 bits per heavy atom. The summed E-state index contributed by atoms with van der Waals surface area (Å²) in [5.74, 6) is -0.279. The lowest BCUT2D eigenvalue weighted by molar-refractivity contribution is -0.136. The molecule has 0 aliphatic carbocycles. The van der Waals surface area contributed by atoms with E-state index in [1.54, 1.807) is 0 Å². The largest absolute Gasteiger partial charge is 0.466 e. The Morgan fingerprint density at radius 3 is 2.77 bits per heavy atom. The predicted octanol–water partition coefficient (Wildman–Crippen LogP) is 1.20. The Balaban J connectivity index is 2.58. The van der Waals surface area contributed by atoms with E-state index in [2.05, 4.69) is 16.2 Å². The number of piperidine rings is 1. The number of hydrogen-bond acceptors (Lipinski definition) is 3. The highest BCUT2D eigenvalue weighted by Crippen LogP contribution is 2.20. The molecule has 0 spiro atoms. The van der Waals surface area contributed by atoms with Crippen LogP contribution in [0, 0.1) is 0 Å². The number of ether oxygens (including phenoxy) is 1. The predicted molar refractivity (Wildman–Crippen MR) is 51.4 cm³/mol. The Labute approximate surface area is 79.4 Å². The number of carbonyl (C=O) groups is 1. The molecule has 1 aliphatic rings. The molecule has 0 N–H and O–H groups in total. The third-order valence-electron chi connectivity index (χ3n) is 2.62. The van der Waals surface area contributed by atoms with Gasteiger partial charge in [-0.1, -0.05) is 13.0 Å². The minimum atomic E-state index is -0.279. The normalized spacial score (nSPS) is 24.0. The van der Waals surface area contributed by atoms with Crippen molar-refractivity contribution < 1.29 is 9.53 Å². The summed E-state index contributed by atoms with van der Waals surface area (Å²) in [6.07, 6.45) is 3.40. The first-order chi connectivity index (χ1) is 6.16. The van der Waals surface area contributed by atoms with E-state index in [0.29, 0.717) is 5.57 Å². The fraction of sp³-hybridized carbons (Fsp3) is 0.700. The van der Waals surface area contributed by atoms with Crippen LogP contribution >= 0.6 is 0 Å². The molecule has 1 heterocycles. The molecule has 1 unspecified atom stereocenters. The minimum absolute atomic E-state index is 0.182. The molecule has 0 aromatic rings. The highest BCUT2D eigenvalue weighted by atomic mass is 16.5. The quantitative estimate of drug-likeness (QED) is 0.476. The number of nitrogens with zero attached hydrogens (tertiary/aromatic N) is 1. The maximum atomic E-state index is 11.2. The number of carbonyl (C=O) groups excluding carboxylic acids is 1. The number of likely N-dealkylation sites (tertiary alicyclic amines) is 1. The van der Waals surface area contributed by atoms with Gasteiger partial charge < -0.3 is 4.74 Å². The Kier molecular flexibility index (Phi) is 3.48. The van der Waals surface area contributed by atoms with Gasteiger partial charge in [0, 0.05) is 11.6 Å². The molecule has 0 bridgehead atoms. The summed E-state index contributed by atoms with van der Waals surface area (Å²) in [7, 11) is 3.42. The van der Waals surface area contributed by atoms with Crippen molar-refractivity contribution in [3.63, 3.8) is 0 Å². The van der Waals surface area contributed by atoms with Crippen molar-refractivity contribution in [2.24, 2.45) is 0 Å². The Morgan fingerprint density at radius 1 is 1.54 bits per heavy atom. The van der Waals surface area contributed by atoms with Crippen molar-refractivity contribution in [3.05, 3.63) is 12.2 Å². The third-order valence-corrected chi connectivity index (χ3v) is 2.62. The summed E-state index contributed by atoms with van der Waals surface area (Å²) in [6, 6.07) is 0.182. The number of methoxy groups -OCH3 is 1. The SMILES string of the molecule is C=C(C(=O)OC)C1CCCCN1C. The van der Waals surface area contributed by atoms with Gasteiger partial charge in [-0.3, -0.25) is 4.90 Å². The number of esters is 1. The first kappa shape index (κ1) is 10.3. The first-order valence-electron chi connectivity index (χ1n) is 4.64. The average molecular weight is 183 g/mol. The van der Waals surface area contributed by atoms with E-state index in [1.807, 2.05) is 7.05 Å². The molecule has 74 valence electrons. The van der Waals surface area contributed by atoms with Gasteiger partial charge in [0.15, 0.2) is 0 Å². The van der Waals surface area contributed by atoms with E-state index >= 15 is 0 Å². The monoisotopic (exact) mass is 183 g/mol. The molecule has 13 heavy (non-hydrogen) atoms. The second-order valence-electron chi connectivity index (χ2n) is 3.51. The van der Waals surface area contributed by atoms with Crippen LogP contribution in [-0.2, 0) is 9.53 Å². The summed E-state index contributed by atoms with van der Waals surface area (Å²) < 4.78 is 4.65. The van der Waals surface area contributed by atoms with Crippen molar-refractivity contribution in [2.45, 2.75) is 25.3 Å². The van der Waals surface area contributed by atoms with Crippen LogP contribution in [0.1, 0.15) is 19.3 Å². The molecule has 1 aliphatic heterocycles. The zero-order chi connectivity index (χ0) is 9.84. The summed E-state index contributed by atoms with van der Waals surface area (Å²) in [4.78, 5) is 13.4. The Hall–Kier alpha value is -0.830. The summed E-state index contributed by atoms with van der Waals surface area (Å²) in [5.41, 5.74) is 0.588. The van der Waals surface area contributed by atoms with Crippen molar-refractivity contribution >= 4 is 5.97 Å². The van der Waals surface area contributed by atoms with Gasteiger partial charge >= 0.3 is 5.97 Å². The first-order valence-corrected chi connectivity index (χ1v) is 4.64. The van der Waals surface area contributed by atoms with Gasteiger partial charge in [0.2, 0.25) is 0 Å². The zero-order valence-electron chi connectivity index (χ0n) is 8.38. The zero-order valence-corrected chi connectivity index (χ0v) is 8.38. The topological polar surface area (TPSA) is 29.5 Å². The van der Waals surface area contributed by atoms with Gasteiger partial charge in [-0.15, -0.1) is 0 Å². The minimum Gasteiger partial charge on any atom is -0.466 e. The molecule has 0 aromatic carbocycles. The third kappa shape index (κ3) is 2.31. The van der Waals surface area contributed by atoms with Crippen molar-refractivity contribution in [1.29, 1.82) is 0 Å². The van der Waals surface area contributed by atoms with Crippen LogP contribution < -0.4 is 0 Å². The summed E-state index contributed by atoms with van der Waals surface area (Å²) >= 11 is 0. The van der Waals surface area contributed by atoms with Gasteiger partial charge in [0.05, 0.1) is 7.11 Å². The average Bonchev–Trinajstić information content (AvgIpc) is 2.16. The summed E-state index contributed by atoms with van der Waals surface area (Å²) in [5, 5.41) is 0. The van der Waals surface area contributed by atoms with Crippen LogP contribution in [0.3, 0.4) is 0 Å². The van der Waals surface area contributed by atoms with Crippen LogP contribution in [0.25, 0.3) is 0 Å². The lowest BCUT2D eigenvalue weighted by atomic mass is 9.97. The lowest BCUT2D eigenvalue weighted by Gasteiger charge is -2.32. The fourth-order valence-corrected chi connectivity index (χ4v) is 1.78. The van der Waals surface area contributed by atoms with E-state index in [4.69, 9.17) is 0 Å². The highest BCUT2D eigenvalue weighted by molar-refractivity contribution is 5.88. The van der Waals surface area contributed by atoms with Crippen molar-refractivity contribution in [3.8, 4) is 0 Å². The van der Waals surface area contributed by atoms with E-state index in [-0.39, 0.29) is 12.0 Å². The Bertz CT molecular complexity index is 213.